The number of rotatable bonds is 9. The Hall–Kier alpha value is -2.52. The van der Waals surface area contributed by atoms with Crippen LogP contribution in [0.25, 0.3) is 0 Å². The number of carbonyl (C=O) groups is 1. The first-order valence-corrected chi connectivity index (χ1v) is 9.07. The summed E-state index contributed by atoms with van der Waals surface area (Å²) in [6, 6.07) is 11.4. The average Bonchev–Trinajstić information content (AvgIpc) is 2.66. The maximum Gasteiger partial charge on any atom is 0.315 e. The van der Waals surface area contributed by atoms with Crippen molar-refractivity contribution in [3.63, 3.8) is 0 Å². The number of benzene rings is 1. The number of methoxy groups -OCH3 is 1. The lowest BCUT2D eigenvalue weighted by Gasteiger charge is -2.06. The van der Waals surface area contributed by atoms with Crippen LogP contribution in [0, 0.1) is 11.3 Å². The number of hydrogen-bond donors (Lipinski definition) is 0. The summed E-state index contributed by atoms with van der Waals surface area (Å²) in [6.45, 7) is 0.396. The molecule has 2 rings (SSSR count). The lowest BCUT2D eigenvalue weighted by Crippen LogP contribution is -2.09. The zero-order valence-corrected chi connectivity index (χ0v) is 14.9. The Morgan fingerprint density at radius 1 is 1.24 bits per heavy atom. The molecule has 1 aromatic carbocycles. The number of carbonyl (C=O) groups excluding carboxylic acids is 1. The summed E-state index contributed by atoms with van der Waals surface area (Å²) in [5.74, 6) is 1.56. The Bertz CT molecular complexity index is 726. The van der Waals surface area contributed by atoms with Crippen LogP contribution in [0.4, 0.5) is 0 Å². The van der Waals surface area contributed by atoms with Crippen LogP contribution in [-0.2, 0) is 21.7 Å². The third-order valence-corrected chi connectivity index (χ3v) is 4.43. The molecule has 0 atom stereocenters. The normalized spacial score (nSPS) is 10.1. The molecule has 2 aromatic rings. The van der Waals surface area contributed by atoms with Crippen LogP contribution in [-0.4, -0.2) is 30.4 Å². The Labute approximate surface area is 152 Å². The van der Waals surface area contributed by atoms with Crippen LogP contribution in [0.15, 0.2) is 42.7 Å². The molecule has 0 radical (unpaired) electrons. The highest BCUT2D eigenvalue weighted by atomic mass is 32.2. The molecule has 0 N–H and O–H groups in total. The first kappa shape index (κ1) is 18.8. The number of hydrogen-bond acceptors (Lipinski definition) is 6. The van der Waals surface area contributed by atoms with Gasteiger partial charge in [0.2, 0.25) is 0 Å². The summed E-state index contributed by atoms with van der Waals surface area (Å²) < 4.78 is 10.4. The molecule has 0 spiro atoms. The minimum Gasteiger partial charge on any atom is -0.495 e. The largest absolute Gasteiger partial charge is 0.495 e. The number of aryl methyl sites for hydroxylation is 1. The number of ether oxygens (including phenoxy) is 2. The van der Waals surface area contributed by atoms with E-state index in [1.807, 2.05) is 18.2 Å². The molecular weight excluding hydrogens is 336 g/mol. The first-order chi connectivity index (χ1) is 12.2. The number of thioether (sulfide) groups is 1. The minimum atomic E-state index is -0.206. The Balaban J connectivity index is 1.59. The minimum absolute atomic E-state index is 0.206. The van der Waals surface area contributed by atoms with Crippen molar-refractivity contribution in [3.05, 3.63) is 59.4 Å². The van der Waals surface area contributed by atoms with Crippen molar-refractivity contribution in [1.29, 1.82) is 5.26 Å². The van der Waals surface area contributed by atoms with Gasteiger partial charge in [-0.05, 0) is 42.2 Å². The van der Waals surface area contributed by atoms with Gasteiger partial charge in [0.25, 0.3) is 0 Å². The number of nitriles is 1. The molecule has 0 aliphatic heterocycles. The summed E-state index contributed by atoms with van der Waals surface area (Å²) in [5.41, 5.74) is 2.78. The van der Waals surface area contributed by atoms with Gasteiger partial charge in [-0.15, -0.1) is 11.8 Å². The molecule has 0 saturated carbocycles. The summed E-state index contributed by atoms with van der Waals surface area (Å²) in [5, 5.41) is 8.75. The van der Waals surface area contributed by atoms with Crippen molar-refractivity contribution >= 4 is 17.7 Å². The second-order valence-electron chi connectivity index (χ2n) is 5.36. The summed E-state index contributed by atoms with van der Waals surface area (Å²) in [4.78, 5) is 15.8. The van der Waals surface area contributed by atoms with E-state index in [1.54, 1.807) is 31.6 Å². The van der Waals surface area contributed by atoms with Gasteiger partial charge in [-0.25, -0.2) is 0 Å². The molecule has 6 heteroatoms. The van der Waals surface area contributed by atoms with E-state index < -0.39 is 0 Å². The van der Waals surface area contributed by atoms with E-state index in [2.05, 4.69) is 11.1 Å². The van der Waals surface area contributed by atoms with Crippen molar-refractivity contribution in [2.24, 2.45) is 0 Å². The third-order valence-electron chi connectivity index (χ3n) is 3.45. The summed E-state index contributed by atoms with van der Waals surface area (Å²) >= 11 is 1.50. The molecule has 0 aliphatic rings. The van der Waals surface area contributed by atoms with Crippen molar-refractivity contribution in [3.8, 4) is 11.8 Å². The van der Waals surface area contributed by atoms with Gasteiger partial charge in [-0.1, -0.05) is 12.1 Å². The smallest absolute Gasteiger partial charge is 0.315 e. The SMILES string of the molecule is COc1cncc(CCCOC(=O)CSCc2ccc(C#N)cc2)c1. The Kier molecular flexibility index (Phi) is 7.80. The fourth-order valence-corrected chi connectivity index (χ4v) is 2.92. The lowest BCUT2D eigenvalue weighted by atomic mass is 10.1. The fraction of sp³-hybridized carbons (Fsp3) is 0.316. The molecule has 0 fully saturated rings. The van der Waals surface area contributed by atoms with Crippen LogP contribution >= 0.6 is 11.8 Å². The van der Waals surface area contributed by atoms with E-state index in [0.717, 1.165) is 35.5 Å². The molecule has 0 saturated heterocycles. The zero-order chi connectivity index (χ0) is 17.9. The highest BCUT2D eigenvalue weighted by molar-refractivity contribution is 7.99. The Morgan fingerprint density at radius 3 is 2.76 bits per heavy atom. The molecule has 25 heavy (non-hydrogen) atoms. The van der Waals surface area contributed by atoms with E-state index in [9.17, 15) is 4.79 Å². The molecule has 0 amide bonds. The van der Waals surface area contributed by atoms with Crippen molar-refractivity contribution in [1.82, 2.24) is 4.98 Å². The number of nitrogens with zero attached hydrogens (tertiary/aromatic N) is 2. The van der Waals surface area contributed by atoms with Crippen LogP contribution in [0.5, 0.6) is 5.75 Å². The quantitative estimate of drug-likeness (QED) is 0.507. The monoisotopic (exact) mass is 356 g/mol. The van der Waals surface area contributed by atoms with Crippen molar-refractivity contribution in [2.45, 2.75) is 18.6 Å². The summed E-state index contributed by atoms with van der Waals surface area (Å²) in [7, 11) is 1.61. The van der Waals surface area contributed by atoms with Gasteiger partial charge in [-0.2, -0.15) is 5.26 Å². The molecule has 0 unspecified atom stereocenters. The van der Waals surface area contributed by atoms with E-state index >= 15 is 0 Å². The van der Waals surface area contributed by atoms with Gasteiger partial charge in [-0.3, -0.25) is 9.78 Å². The second-order valence-corrected chi connectivity index (χ2v) is 6.34. The molecule has 5 nitrogen and oxygen atoms in total. The summed E-state index contributed by atoms with van der Waals surface area (Å²) in [6.07, 6.45) is 4.99. The number of pyridine rings is 1. The topological polar surface area (TPSA) is 72.2 Å². The third kappa shape index (κ3) is 6.86. The molecule has 0 bridgehead atoms. The van der Waals surface area contributed by atoms with Crippen LogP contribution < -0.4 is 4.74 Å². The van der Waals surface area contributed by atoms with E-state index in [-0.39, 0.29) is 5.97 Å². The maximum atomic E-state index is 11.7. The predicted octanol–water partition coefficient (Wildman–Crippen LogP) is 3.37. The Morgan fingerprint density at radius 2 is 2.04 bits per heavy atom. The highest BCUT2D eigenvalue weighted by Crippen LogP contribution is 2.14. The predicted molar refractivity (Wildman–Crippen MR) is 97.4 cm³/mol. The van der Waals surface area contributed by atoms with Crippen LogP contribution in [0.1, 0.15) is 23.1 Å². The zero-order valence-electron chi connectivity index (χ0n) is 14.1. The van der Waals surface area contributed by atoms with Crippen LogP contribution in [0.2, 0.25) is 0 Å². The maximum absolute atomic E-state index is 11.7. The van der Waals surface area contributed by atoms with Gasteiger partial charge in [0.1, 0.15) is 5.75 Å². The van der Waals surface area contributed by atoms with Gasteiger partial charge in [0.05, 0.1) is 37.3 Å². The number of esters is 1. The molecule has 130 valence electrons. The molecule has 0 aliphatic carbocycles. The first-order valence-electron chi connectivity index (χ1n) is 7.91. The van der Waals surface area contributed by atoms with Crippen molar-refractivity contribution < 1.29 is 14.3 Å². The average molecular weight is 356 g/mol. The molecule has 1 heterocycles. The molecule has 1 aromatic heterocycles. The van der Waals surface area contributed by atoms with Gasteiger partial charge >= 0.3 is 5.97 Å². The van der Waals surface area contributed by atoms with Crippen LogP contribution in [0.3, 0.4) is 0 Å². The second kappa shape index (κ2) is 10.4. The standard InChI is InChI=1S/C19H20N2O3S/c1-23-18-9-17(11-21-12-18)3-2-8-24-19(22)14-25-13-16-6-4-15(10-20)5-7-16/h4-7,9,11-12H,2-3,8,13-14H2,1H3. The van der Waals surface area contributed by atoms with E-state index in [4.69, 9.17) is 14.7 Å². The van der Waals surface area contributed by atoms with Gasteiger partial charge in [0.15, 0.2) is 0 Å². The highest BCUT2D eigenvalue weighted by Gasteiger charge is 2.04. The van der Waals surface area contributed by atoms with E-state index in [1.165, 1.54) is 11.8 Å². The van der Waals surface area contributed by atoms with Crippen molar-refractivity contribution in [2.75, 3.05) is 19.5 Å². The fourth-order valence-electron chi connectivity index (χ4n) is 2.14. The van der Waals surface area contributed by atoms with Gasteiger partial charge in [0, 0.05) is 11.9 Å². The lowest BCUT2D eigenvalue weighted by molar-refractivity contribution is -0.140. The molecular formula is C19H20N2O3S. The van der Waals surface area contributed by atoms with E-state index in [0.29, 0.717) is 17.9 Å². The number of aromatic nitrogens is 1. The van der Waals surface area contributed by atoms with Gasteiger partial charge < -0.3 is 9.47 Å².